The Hall–Kier alpha value is -0.380. The fourth-order valence-electron chi connectivity index (χ4n) is 1.75. The summed E-state index contributed by atoms with van der Waals surface area (Å²) in [7, 11) is 0. The number of piperidine rings is 1. The summed E-state index contributed by atoms with van der Waals surface area (Å²) in [5.74, 6) is 0.721. The van der Waals surface area contributed by atoms with Crippen LogP contribution in [-0.4, -0.2) is 34.9 Å². The van der Waals surface area contributed by atoms with Crippen LogP contribution in [0.1, 0.15) is 40.0 Å². The van der Waals surface area contributed by atoms with Crippen LogP contribution in [0.3, 0.4) is 0 Å². The molecule has 88 valence electrons. The molecule has 1 aliphatic rings. The summed E-state index contributed by atoms with van der Waals surface area (Å²) in [5.41, 5.74) is -0.407. The van der Waals surface area contributed by atoms with Gasteiger partial charge in [0.05, 0.1) is 0 Å². The van der Waals surface area contributed by atoms with Gasteiger partial charge in [-0.3, -0.25) is 0 Å². The highest BCUT2D eigenvalue weighted by Gasteiger charge is 2.29. The maximum absolute atomic E-state index is 11.9. The summed E-state index contributed by atoms with van der Waals surface area (Å²) in [6.45, 7) is 6.49. The van der Waals surface area contributed by atoms with Gasteiger partial charge in [-0.2, -0.15) is 12.6 Å². The van der Waals surface area contributed by atoms with Crippen molar-refractivity contribution in [2.75, 3.05) is 12.3 Å². The van der Waals surface area contributed by atoms with Crippen LogP contribution in [-0.2, 0) is 4.74 Å². The second kappa shape index (κ2) is 5.10. The molecule has 0 aromatic rings. The minimum Gasteiger partial charge on any atom is -0.444 e. The smallest absolute Gasteiger partial charge is 0.410 e. The van der Waals surface area contributed by atoms with Gasteiger partial charge in [0.15, 0.2) is 0 Å². The van der Waals surface area contributed by atoms with E-state index in [-0.39, 0.29) is 12.1 Å². The molecule has 0 aliphatic carbocycles. The van der Waals surface area contributed by atoms with Gasteiger partial charge in [-0.25, -0.2) is 4.79 Å². The molecule has 0 saturated carbocycles. The van der Waals surface area contributed by atoms with Crippen LogP contribution in [0.15, 0.2) is 0 Å². The highest BCUT2D eigenvalue weighted by Crippen LogP contribution is 2.20. The minimum absolute atomic E-state index is 0.193. The molecular formula is C11H21NO2S. The van der Waals surface area contributed by atoms with Gasteiger partial charge >= 0.3 is 6.09 Å². The minimum atomic E-state index is -0.407. The fraction of sp³-hybridized carbons (Fsp3) is 0.909. The molecule has 1 amide bonds. The van der Waals surface area contributed by atoms with Crippen molar-refractivity contribution in [2.45, 2.75) is 51.7 Å². The number of nitrogens with zero attached hydrogens (tertiary/aromatic N) is 1. The van der Waals surface area contributed by atoms with Crippen LogP contribution >= 0.6 is 12.6 Å². The number of carbonyl (C=O) groups excluding carboxylic acids is 1. The third-order valence-corrected chi connectivity index (χ3v) is 2.89. The lowest BCUT2D eigenvalue weighted by atomic mass is 10.0. The Kier molecular flexibility index (Phi) is 4.32. The number of amides is 1. The second-order valence-electron chi connectivity index (χ2n) is 5.01. The molecule has 15 heavy (non-hydrogen) atoms. The molecule has 0 spiro atoms. The van der Waals surface area contributed by atoms with Crippen molar-refractivity contribution in [3.63, 3.8) is 0 Å². The van der Waals surface area contributed by atoms with Crippen LogP contribution in [0.4, 0.5) is 4.79 Å². The molecule has 0 aromatic carbocycles. The number of carbonyl (C=O) groups is 1. The van der Waals surface area contributed by atoms with E-state index in [1.807, 2.05) is 25.7 Å². The van der Waals surface area contributed by atoms with E-state index in [9.17, 15) is 4.79 Å². The first kappa shape index (κ1) is 12.7. The summed E-state index contributed by atoms with van der Waals surface area (Å²) in [6, 6.07) is 0.247. The van der Waals surface area contributed by atoms with Crippen molar-refractivity contribution in [3.8, 4) is 0 Å². The van der Waals surface area contributed by atoms with Crippen molar-refractivity contribution < 1.29 is 9.53 Å². The molecule has 0 N–H and O–H groups in total. The number of rotatable bonds is 1. The SMILES string of the molecule is CC(C)(C)OC(=O)N1CCCC[C@H]1CS. The number of ether oxygens (including phenoxy) is 1. The molecule has 1 fully saturated rings. The van der Waals surface area contributed by atoms with Crippen LogP contribution in [0.5, 0.6) is 0 Å². The highest BCUT2D eigenvalue weighted by molar-refractivity contribution is 7.80. The summed E-state index contributed by atoms with van der Waals surface area (Å²) in [4.78, 5) is 13.7. The number of hydrogen-bond acceptors (Lipinski definition) is 3. The molecule has 4 heteroatoms. The summed E-state index contributed by atoms with van der Waals surface area (Å²) < 4.78 is 5.36. The third kappa shape index (κ3) is 3.93. The molecular weight excluding hydrogens is 210 g/mol. The average molecular weight is 231 g/mol. The first-order chi connectivity index (χ1) is 6.94. The van der Waals surface area contributed by atoms with Gasteiger partial charge in [-0.15, -0.1) is 0 Å². The van der Waals surface area contributed by atoms with E-state index in [1.165, 1.54) is 6.42 Å². The number of thiol groups is 1. The molecule has 1 atom stereocenters. The van der Waals surface area contributed by atoms with E-state index >= 15 is 0 Å². The van der Waals surface area contributed by atoms with Crippen LogP contribution in [0, 0.1) is 0 Å². The quantitative estimate of drug-likeness (QED) is 0.703. The van der Waals surface area contributed by atoms with E-state index in [0.717, 1.165) is 25.1 Å². The van der Waals surface area contributed by atoms with E-state index in [4.69, 9.17) is 4.74 Å². The van der Waals surface area contributed by atoms with Gasteiger partial charge in [-0.1, -0.05) is 0 Å². The zero-order valence-corrected chi connectivity index (χ0v) is 10.7. The monoisotopic (exact) mass is 231 g/mol. The van der Waals surface area contributed by atoms with Crippen LogP contribution in [0.25, 0.3) is 0 Å². The molecule has 0 bridgehead atoms. The molecule has 0 unspecified atom stereocenters. The number of likely N-dealkylation sites (tertiary alicyclic amines) is 1. The Balaban J connectivity index is 2.56. The average Bonchev–Trinajstić information content (AvgIpc) is 2.15. The Morgan fingerprint density at radius 1 is 1.47 bits per heavy atom. The molecule has 1 rings (SSSR count). The van der Waals surface area contributed by atoms with E-state index in [1.54, 1.807) is 0 Å². The lowest BCUT2D eigenvalue weighted by molar-refractivity contribution is 0.0126. The lowest BCUT2D eigenvalue weighted by Crippen LogP contribution is -2.46. The Bertz CT molecular complexity index is 225. The second-order valence-corrected chi connectivity index (χ2v) is 5.37. The first-order valence-electron chi connectivity index (χ1n) is 5.54. The number of hydrogen-bond donors (Lipinski definition) is 1. The molecule has 1 saturated heterocycles. The van der Waals surface area contributed by atoms with Gasteiger partial charge in [0.25, 0.3) is 0 Å². The van der Waals surface area contributed by atoms with Crippen molar-refractivity contribution in [3.05, 3.63) is 0 Å². The van der Waals surface area contributed by atoms with Crippen LogP contribution in [0.2, 0.25) is 0 Å². The van der Waals surface area contributed by atoms with E-state index in [2.05, 4.69) is 12.6 Å². The van der Waals surface area contributed by atoms with Crippen molar-refractivity contribution in [1.82, 2.24) is 4.90 Å². The third-order valence-electron chi connectivity index (χ3n) is 2.47. The van der Waals surface area contributed by atoms with Crippen LogP contribution < -0.4 is 0 Å². The predicted octanol–water partition coefficient (Wildman–Crippen LogP) is 2.71. The topological polar surface area (TPSA) is 29.5 Å². The zero-order chi connectivity index (χ0) is 11.5. The summed E-state index contributed by atoms with van der Waals surface area (Å²) in [6.07, 6.45) is 3.11. The molecule has 1 aliphatic heterocycles. The normalized spacial score (nSPS) is 22.7. The molecule has 0 aromatic heterocycles. The van der Waals surface area contributed by atoms with Gasteiger partial charge in [0.1, 0.15) is 5.60 Å². The van der Waals surface area contributed by atoms with Crippen molar-refractivity contribution in [2.24, 2.45) is 0 Å². The lowest BCUT2D eigenvalue weighted by Gasteiger charge is -2.36. The maximum atomic E-state index is 11.9. The highest BCUT2D eigenvalue weighted by atomic mass is 32.1. The Labute approximate surface area is 97.6 Å². The van der Waals surface area contributed by atoms with Crippen molar-refractivity contribution >= 4 is 18.7 Å². The molecule has 0 radical (unpaired) electrons. The summed E-state index contributed by atoms with van der Waals surface area (Å²) in [5, 5.41) is 0. The maximum Gasteiger partial charge on any atom is 0.410 e. The van der Waals surface area contributed by atoms with Gasteiger partial charge < -0.3 is 9.64 Å². The zero-order valence-electron chi connectivity index (χ0n) is 9.82. The largest absolute Gasteiger partial charge is 0.444 e. The standard InChI is InChI=1S/C11H21NO2S/c1-11(2,3)14-10(13)12-7-5-4-6-9(12)8-15/h9,15H,4-8H2,1-3H3/t9-/m0/s1. The molecule has 3 nitrogen and oxygen atoms in total. The van der Waals surface area contributed by atoms with E-state index < -0.39 is 5.60 Å². The summed E-state index contributed by atoms with van der Waals surface area (Å²) >= 11 is 4.28. The van der Waals surface area contributed by atoms with Gasteiger partial charge in [-0.05, 0) is 40.0 Å². The Morgan fingerprint density at radius 3 is 2.67 bits per heavy atom. The van der Waals surface area contributed by atoms with Crippen molar-refractivity contribution in [1.29, 1.82) is 0 Å². The molecule has 1 heterocycles. The van der Waals surface area contributed by atoms with Gasteiger partial charge in [0.2, 0.25) is 0 Å². The Morgan fingerprint density at radius 2 is 2.13 bits per heavy atom. The van der Waals surface area contributed by atoms with Gasteiger partial charge in [0, 0.05) is 18.3 Å². The predicted molar refractivity (Wildman–Crippen MR) is 64.4 cm³/mol. The fourth-order valence-corrected chi connectivity index (χ4v) is 2.13. The first-order valence-corrected chi connectivity index (χ1v) is 6.18. The van der Waals surface area contributed by atoms with E-state index in [0.29, 0.717) is 0 Å².